The number of imidazole rings is 1. The minimum Gasteiger partial charge on any atom is -0.485 e. The van der Waals surface area contributed by atoms with E-state index in [0.29, 0.717) is 18.5 Å². The van der Waals surface area contributed by atoms with Crippen molar-refractivity contribution in [2.75, 3.05) is 45.2 Å². The Kier molecular flexibility index (Phi) is 15.6. The first kappa shape index (κ1) is 45.9. The quantitative estimate of drug-likeness (QED) is 0.0567. The van der Waals surface area contributed by atoms with Crippen LogP contribution in [0.25, 0.3) is 16.6 Å². The molecule has 1 atom stereocenters. The molecule has 2 aromatic heterocycles. The number of likely N-dealkylation sites (tertiary alicyclic amines) is 1. The number of rotatable bonds is 20. The van der Waals surface area contributed by atoms with E-state index in [-0.39, 0.29) is 76.9 Å². The number of aryl methyl sites for hydroxylation is 1. The summed E-state index contributed by atoms with van der Waals surface area (Å²) in [6, 6.07) is 9.58. The van der Waals surface area contributed by atoms with Crippen LogP contribution in [0.15, 0.2) is 68.7 Å². The number of hydrogen-bond donors (Lipinski definition) is 4. The van der Waals surface area contributed by atoms with Crippen molar-refractivity contribution < 1.29 is 25.4 Å². The smallest absolute Gasteiger partial charge is 0.329 e. The van der Waals surface area contributed by atoms with E-state index in [9.17, 15) is 21.1 Å². The van der Waals surface area contributed by atoms with Gasteiger partial charge in [-0.3, -0.25) is 17.0 Å². The number of alkyl halides is 1. The van der Waals surface area contributed by atoms with Crippen LogP contribution in [0.5, 0.6) is 5.75 Å². The van der Waals surface area contributed by atoms with Crippen molar-refractivity contribution in [3.05, 3.63) is 82.0 Å². The van der Waals surface area contributed by atoms with Crippen molar-refractivity contribution in [1.29, 1.82) is 5.41 Å². The number of nitrogens with two attached hydrogens (primary N) is 2. The van der Waals surface area contributed by atoms with E-state index < -0.39 is 47.0 Å². The van der Waals surface area contributed by atoms with Gasteiger partial charge in [0.05, 0.1) is 27.7 Å². The van der Waals surface area contributed by atoms with E-state index in [1.54, 1.807) is 25.5 Å². The third kappa shape index (κ3) is 10.4. The highest BCUT2D eigenvalue weighted by molar-refractivity contribution is 14.1. The zero-order valence-electron chi connectivity index (χ0n) is 34.1. The molecule has 1 aliphatic rings. The number of allylic oxidation sites excluding steroid dienone is 1. The summed E-state index contributed by atoms with van der Waals surface area (Å²) >= 11 is -1.61. The molecular formula is C39H52FIN12O6S. The molecule has 1 saturated heterocycles. The van der Waals surface area contributed by atoms with E-state index in [0.717, 1.165) is 49.3 Å². The number of halogens is 2. The molecule has 1 fully saturated rings. The predicted octanol–water partition coefficient (Wildman–Crippen LogP) is 3.82. The topological polar surface area (TPSA) is 241 Å². The maximum atomic E-state index is 15.3. The van der Waals surface area contributed by atoms with Crippen molar-refractivity contribution >= 4 is 72.3 Å². The molecule has 3 heterocycles. The zero-order chi connectivity index (χ0) is 43.7. The summed E-state index contributed by atoms with van der Waals surface area (Å²) in [7, 11) is -0.822. The second kappa shape index (κ2) is 20.4. The van der Waals surface area contributed by atoms with E-state index >= 15 is 4.39 Å². The lowest BCUT2D eigenvalue weighted by atomic mass is 9.89. The van der Waals surface area contributed by atoms with Crippen molar-refractivity contribution in [3.63, 3.8) is 0 Å². The number of benzene rings is 2. The zero-order valence-corrected chi connectivity index (χ0v) is 37.0. The number of piperidine rings is 1. The van der Waals surface area contributed by atoms with Crippen LogP contribution in [-0.2, 0) is 24.9 Å². The molecule has 0 aliphatic carbocycles. The number of amides is 1. The number of carbonyl (C=O) groups excluding carboxylic acids is 1. The molecule has 60 heavy (non-hydrogen) atoms. The Labute approximate surface area is 358 Å². The van der Waals surface area contributed by atoms with Crippen LogP contribution in [-0.4, -0.2) is 101 Å². The highest BCUT2D eigenvalue weighted by Gasteiger charge is 2.26. The van der Waals surface area contributed by atoms with Crippen molar-refractivity contribution in [3.8, 4) is 5.75 Å². The number of primary amides is 1. The average molecular weight is 963 g/mol. The summed E-state index contributed by atoms with van der Waals surface area (Å²) in [4.78, 5) is 35.4. The molecule has 4 aromatic rings. The predicted molar refractivity (Wildman–Crippen MR) is 237 cm³/mol. The number of carbonyl (C=O) groups is 1. The van der Waals surface area contributed by atoms with Gasteiger partial charge in [0.15, 0.2) is 32.4 Å². The highest BCUT2D eigenvalue weighted by Crippen LogP contribution is 2.33. The molecular weight excluding hydrogens is 910 g/mol. The van der Waals surface area contributed by atoms with Gasteiger partial charge in [0.25, 0.3) is 0 Å². The normalized spacial score (nSPS) is 15.2. The minimum absolute atomic E-state index is 0.0259. The lowest BCUT2D eigenvalue weighted by Crippen LogP contribution is -2.36. The summed E-state index contributed by atoms with van der Waals surface area (Å²) < 4.78 is 65.3. The average Bonchev–Trinajstić information content (AvgIpc) is 3.47. The SMILES string of the molecule is C=Nn1cnc(/C(C=N)=C/N)c(OC(C)C)/c1=N/CNc1ccc(S(=O)(=O)N(C)CCCN2CCC(c3ccc4c(c3)n(C)c(=O)n4C(CCC(N)=O)I=O)CC2)cc1F. The van der Waals surface area contributed by atoms with Crippen LogP contribution >= 0.6 is 21.2 Å². The second-order valence-corrected chi connectivity index (χ2v) is 18.6. The third-order valence-electron chi connectivity index (χ3n) is 10.3. The lowest BCUT2D eigenvalue weighted by molar-refractivity contribution is -0.118. The molecule has 1 unspecified atom stereocenters. The van der Waals surface area contributed by atoms with Crippen molar-refractivity contribution in [2.24, 2.45) is 28.6 Å². The van der Waals surface area contributed by atoms with Gasteiger partial charge in [-0.05, 0) is 101 Å². The number of sulfonamides is 1. The molecule has 21 heteroatoms. The fraction of sp³-hybridized carbons (Fsp3) is 0.436. The van der Waals surface area contributed by atoms with E-state index in [1.807, 2.05) is 18.2 Å². The van der Waals surface area contributed by atoms with Gasteiger partial charge in [-0.1, -0.05) is 6.07 Å². The number of nitrogens with one attached hydrogen (secondary N) is 2. The molecule has 1 amide bonds. The Morgan fingerprint density at radius 1 is 1.22 bits per heavy atom. The second-order valence-electron chi connectivity index (χ2n) is 14.6. The molecule has 0 radical (unpaired) electrons. The van der Waals surface area contributed by atoms with Crippen LogP contribution in [0, 0.1) is 11.2 Å². The maximum absolute atomic E-state index is 15.3. The molecule has 0 spiro atoms. The molecule has 18 nitrogen and oxygen atoms in total. The van der Waals surface area contributed by atoms with Gasteiger partial charge >= 0.3 is 5.69 Å². The van der Waals surface area contributed by atoms with Crippen molar-refractivity contribution in [2.45, 2.75) is 66.9 Å². The van der Waals surface area contributed by atoms with Gasteiger partial charge in [0, 0.05) is 51.8 Å². The largest absolute Gasteiger partial charge is 0.485 e. The molecule has 324 valence electrons. The van der Waals surface area contributed by atoms with Gasteiger partial charge < -0.3 is 31.8 Å². The Morgan fingerprint density at radius 3 is 2.57 bits per heavy atom. The monoisotopic (exact) mass is 962 g/mol. The Bertz CT molecular complexity index is 2510. The van der Waals surface area contributed by atoms with Crippen LogP contribution in [0.4, 0.5) is 10.1 Å². The van der Waals surface area contributed by atoms with Gasteiger partial charge in [0.2, 0.25) is 15.9 Å². The minimum atomic E-state index is -3.99. The Balaban J connectivity index is 1.17. The van der Waals surface area contributed by atoms with Crippen LogP contribution < -0.4 is 32.7 Å². The molecule has 2 aromatic carbocycles. The van der Waals surface area contributed by atoms with Gasteiger partial charge in [-0.2, -0.15) is 5.10 Å². The van der Waals surface area contributed by atoms with Crippen molar-refractivity contribution in [1.82, 2.24) is 28.0 Å². The fourth-order valence-corrected chi connectivity index (χ4v) is 9.67. The highest BCUT2D eigenvalue weighted by atomic mass is 127. The van der Waals surface area contributed by atoms with E-state index in [2.05, 4.69) is 32.0 Å². The summed E-state index contributed by atoms with van der Waals surface area (Å²) in [5.41, 5.74) is 14.0. The summed E-state index contributed by atoms with van der Waals surface area (Å²) in [6.45, 7) is 9.54. The van der Waals surface area contributed by atoms with Crippen LogP contribution in [0.3, 0.4) is 0 Å². The van der Waals surface area contributed by atoms with E-state index in [1.165, 1.54) is 45.3 Å². The van der Waals surface area contributed by atoms with Gasteiger partial charge in [-0.25, -0.2) is 36.6 Å². The number of anilines is 1. The van der Waals surface area contributed by atoms with Crippen LogP contribution in [0.2, 0.25) is 0 Å². The first-order chi connectivity index (χ1) is 28.6. The summed E-state index contributed by atoms with van der Waals surface area (Å²) in [5, 5.41) is 14.5. The summed E-state index contributed by atoms with van der Waals surface area (Å²) in [5.74, 6) is -0.816. The lowest BCUT2D eigenvalue weighted by Gasteiger charge is -2.32. The van der Waals surface area contributed by atoms with Crippen LogP contribution in [0.1, 0.15) is 67.2 Å². The van der Waals surface area contributed by atoms with Gasteiger partial charge in [-0.15, -0.1) is 0 Å². The fourth-order valence-electron chi connectivity index (χ4n) is 7.11. The number of fused-ring (bicyclic) bond motifs is 1. The third-order valence-corrected chi connectivity index (χ3v) is 13.9. The molecule has 6 N–H and O–H groups in total. The first-order valence-electron chi connectivity index (χ1n) is 19.3. The van der Waals surface area contributed by atoms with Gasteiger partial charge in [0.1, 0.15) is 28.6 Å². The standard InChI is InChI=1S/C39H52FIN12O6S/c1-25(2)59-37-36(28(21-42)22-43)48-24-52(45-3)38(37)47-23-46-31-9-8-29(20-30(31)40)60(57,58)49(4)15-6-16-51-17-13-26(14-18-51)27-7-10-32-33(19-27)50(5)39(55)53(32)34(41-56)11-12-35(44)54/h7-10,19-22,24-26,34,42,46H,3,6,11-18,23,43H2,1-2,4-5H3,(H2,44,54)/b28-22+,42-21?,47-38-. The molecule has 5 rings (SSSR count). The van der Waals surface area contributed by atoms with E-state index in [4.69, 9.17) is 21.6 Å². The number of ether oxygens (including phenoxy) is 1. The molecule has 1 aliphatic heterocycles. The number of hydrogen-bond acceptors (Lipinski definition) is 13. The molecule has 0 saturated carbocycles. The Morgan fingerprint density at radius 2 is 1.95 bits per heavy atom. The first-order valence-corrected chi connectivity index (χ1v) is 22.9. The Hall–Kier alpha value is -5.13. The maximum Gasteiger partial charge on any atom is 0.329 e. The number of nitrogens with zero attached hydrogens (tertiary/aromatic N) is 8. The molecule has 0 bridgehead atoms. The summed E-state index contributed by atoms with van der Waals surface area (Å²) in [6.07, 6.45) is 5.92. The number of aromatic nitrogens is 4.